The van der Waals surface area contributed by atoms with Crippen LogP contribution in [0.1, 0.15) is 11.5 Å². The van der Waals surface area contributed by atoms with E-state index in [9.17, 15) is 0 Å². The van der Waals surface area contributed by atoms with Crippen LogP contribution in [0.2, 0.25) is 0 Å². The molecule has 2 aliphatic rings. The molecular formula is C126H76N10OS3. The van der Waals surface area contributed by atoms with E-state index in [0.29, 0.717) is 34.9 Å². The van der Waals surface area contributed by atoms with E-state index in [1.807, 2.05) is 144 Å². The Hall–Kier alpha value is -17.5. The molecule has 2 unspecified atom stereocenters. The molecule has 0 saturated carbocycles. The lowest BCUT2D eigenvalue weighted by molar-refractivity contribution is 0.669. The molecule has 14 heteroatoms. The van der Waals surface area contributed by atoms with Crippen LogP contribution in [0.15, 0.2) is 458 Å². The summed E-state index contributed by atoms with van der Waals surface area (Å²) in [6, 6.07) is 154. The van der Waals surface area contributed by atoms with E-state index in [2.05, 4.69) is 358 Å². The molecule has 0 spiro atoms. The first kappa shape index (κ1) is 79.8. The van der Waals surface area contributed by atoms with E-state index in [-0.39, 0.29) is 11.2 Å². The molecule has 140 heavy (non-hydrogen) atoms. The van der Waals surface area contributed by atoms with Crippen LogP contribution in [0.25, 0.3) is 263 Å². The highest BCUT2D eigenvalue weighted by atomic mass is 32.2. The van der Waals surface area contributed by atoms with Gasteiger partial charge in [-0.15, -0.1) is 34.4 Å². The van der Waals surface area contributed by atoms with Crippen LogP contribution in [-0.4, -0.2) is 53.4 Å². The van der Waals surface area contributed by atoms with Crippen LogP contribution in [0.5, 0.6) is 0 Å². The lowest BCUT2D eigenvalue weighted by Crippen LogP contribution is -2.17. The van der Waals surface area contributed by atoms with Crippen molar-refractivity contribution in [2.45, 2.75) is 16.1 Å². The van der Waals surface area contributed by atoms with Gasteiger partial charge in [0.1, 0.15) is 11.2 Å². The zero-order valence-electron chi connectivity index (χ0n) is 75.0. The molecule has 19 aromatic carbocycles. The van der Waals surface area contributed by atoms with Crippen molar-refractivity contribution in [2.75, 3.05) is 0 Å². The standard InChI is InChI=1S/C63H37N5OS.C63H39N5S2/c1-4-15-38(16-5-1)61-64-62(39-17-6-2-7-18-39)66-63(65-61)41-28-33-56-51(36-41)52-37-43(29-34-57(52)69-56)67-53-25-12-11-22-46(53)50-35-40(27-32-55(50)67)44-23-14-24-48-49-31-30-47-45-21-10-13-26-54(45)68(42-19-8-3-9-20-42)58(47)60(49)70-59(44)48;1-4-17-38(18-5-1)61-64-62(39-19-6-2-7-20-39)66-63(65-61)50-29-15-27-46-48-28-16-32-55(59(48)69-58(46)50)68-53-31-13-11-24-44(53)51-37-40(33-36-54(51)68)42-25-14-26-47-49-35-34-45-43-23-10-12-30-52(43)67(41-21-8-3-9-22-41)56(45)60(49)70-57(42)47/h1-37H;1-37,48,59H. The lowest BCUT2D eigenvalue weighted by Gasteiger charge is -2.25. The van der Waals surface area contributed by atoms with E-state index < -0.39 is 0 Å². The Morgan fingerprint density at radius 2 is 0.586 bits per heavy atom. The van der Waals surface area contributed by atoms with Gasteiger partial charge < -0.3 is 22.7 Å². The number of aromatic nitrogens is 10. The zero-order valence-corrected chi connectivity index (χ0v) is 77.4. The van der Waals surface area contributed by atoms with Crippen molar-refractivity contribution in [1.29, 1.82) is 0 Å². The second kappa shape index (κ2) is 32.1. The number of rotatable bonds is 12. The molecule has 0 fully saturated rings. The fourth-order valence-corrected chi connectivity index (χ4v) is 26.3. The Labute approximate surface area is 814 Å². The Bertz CT molecular complexity index is 9960. The average Bonchev–Trinajstić information content (AvgIpc) is 1.56. The molecule has 0 bridgehead atoms. The summed E-state index contributed by atoms with van der Waals surface area (Å²) in [6.07, 6.45) is 6.96. The van der Waals surface area contributed by atoms with Gasteiger partial charge in [-0.25, -0.2) is 29.9 Å². The third kappa shape index (κ3) is 12.7. The first-order valence-electron chi connectivity index (χ1n) is 47.3. The van der Waals surface area contributed by atoms with Crippen molar-refractivity contribution < 1.29 is 4.42 Å². The maximum atomic E-state index is 6.50. The van der Waals surface area contributed by atoms with Gasteiger partial charge in [-0.2, -0.15) is 0 Å². The van der Waals surface area contributed by atoms with Gasteiger partial charge in [0.25, 0.3) is 0 Å². The molecule has 0 N–H and O–H groups in total. The summed E-state index contributed by atoms with van der Waals surface area (Å²) < 4.78 is 21.5. The highest BCUT2D eigenvalue weighted by Crippen LogP contribution is 2.57. The summed E-state index contributed by atoms with van der Waals surface area (Å²) in [5.74, 6) is 4.06. The molecule has 2 atom stereocenters. The topological polar surface area (TPSA) is 110 Å². The highest BCUT2D eigenvalue weighted by Gasteiger charge is 2.40. The van der Waals surface area contributed by atoms with Gasteiger partial charge in [0.2, 0.25) is 0 Å². The van der Waals surface area contributed by atoms with Crippen molar-refractivity contribution in [3.05, 3.63) is 455 Å². The van der Waals surface area contributed by atoms with E-state index in [4.69, 9.17) is 34.3 Å². The summed E-state index contributed by atoms with van der Waals surface area (Å²) in [4.78, 5) is 31.6. The number of fused-ring (bicyclic) bond motifs is 26. The molecule has 0 saturated heterocycles. The largest absolute Gasteiger partial charge is 0.456 e. The van der Waals surface area contributed by atoms with Crippen molar-refractivity contribution >= 4 is 190 Å². The van der Waals surface area contributed by atoms with Gasteiger partial charge in [0.15, 0.2) is 34.9 Å². The predicted molar refractivity (Wildman–Crippen MR) is 584 cm³/mol. The fourth-order valence-electron chi connectivity index (χ4n) is 22.0. The molecule has 1 aliphatic heterocycles. The predicted octanol–water partition coefficient (Wildman–Crippen LogP) is 33.8. The van der Waals surface area contributed by atoms with Crippen LogP contribution in [0, 0.1) is 0 Å². The van der Waals surface area contributed by atoms with E-state index in [1.165, 1.54) is 166 Å². The normalized spacial score (nSPS) is 13.7. The Morgan fingerprint density at radius 3 is 1.08 bits per heavy atom. The van der Waals surface area contributed by atoms with Crippen LogP contribution in [0.4, 0.5) is 0 Å². The number of furan rings is 1. The summed E-state index contributed by atoms with van der Waals surface area (Å²) in [5, 5.41) is 17.3. The first-order chi connectivity index (χ1) is 69.4. The number of hydrogen-bond acceptors (Lipinski definition) is 10. The molecule has 30 rings (SSSR count). The van der Waals surface area contributed by atoms with Crippen LogP contribution < -0.4 is 0 Å². The number of benzene rings is 19. The first-order valence-corrected chi connectivity index (χ1v) is 49.8. The van der Waals surface area contributed by atoms with Gasteiger partial charge in [-0.1, -0.05) is 334 Å². The van der Waals surface area contributed by atoms with Gasteiger partial charge in [0, 0.05) is 152 Å². The minimum absolute atomic E-state index is 0.138. The molecule has 28 aromatic rings. The third-order valence-electron chi connectivity index (χ3n) is 28.3. The Morgan fingerprint density at radius 1 is 0.229 bits per heavy atom. The van der Waals surface area contributed by atoms with Gasteiger partial charge in [-0.3, -0.25) is 0 Å². The van der Waals surface area contributed by atoms with E-state index in [0.717, 1.165) is 72.0 Å². The van der Waals surface area contributed by atoms with Crippen LogP contribution in [0.3, 0.4) is 0 Å². The summed E-state index contributed by atoms with van der Waals surface area (Å²) in [6.45, 7) is 0. The fraction of sp³-hybridized carbons (Fsp3) is 0.0159. The molecule has 11 nitrogen and oxygen atoms in total. The molecule has 1 aliphatic carbocycles. The zero-order chi connectivity index (χ0) is 91.7. The lowest BCUT2D eigenvalue weighted by atomic mass is 9.89. The smallest absolute Gasteiger partial charge is 0.165 e. The highest BCUT2D eigenvalue weighted by molar-refractivity contribution is 8.00. The van der Waals surface area contributed by atoms with Crippen molar-refractivity contribution in [3.63, 3.8) is 0 Å². The minimum Gasteiger partial charge on any atom is -0.456 e. The van der Waals surface area contributed by atoms with E-state index >= 15 is 0 Å². The number of hydrogen-bond donors (Lipinski definition) is 0. The third-order valence-corrected chi connectivity index (χ3v) is 32.3. The second-order valence-electron chi connectivity index (χ2n) is 36.1. The van der Waals surface area contributed by atoms with Crippen molar-refractivity contribution in [2.24, 2.45) is 0 Å². The Kier molecular flexibility index (Phi) is 18.3. The summed E-state index contributed by atoms with van der Waals surface area (Å²) in [5.41, 5.74) is 27.9. The number of para-hydroxylation sites is 6. The maximum Gasteiger partial charge on any atom is 0.165 e. The summed E-state index contributed by atoms with van der Waals surface area (Å²) in [7, 11) is 0. The van der Waals surface area contributed by atoms with Crippen molar-refractivity contribution in [1.82, 2.24) is 48.2 Å². The number of nitrogens with zero attached hydrogens (tertiary/aromatic N) is 10. The van der Waals surface area contributed by atoms with Gasteiger partial charge in [-0.05, 0) is 143 Å². The number of thioether (sulfide) groups is 1. The Balaban J connectivity index is 0.000000134. The molecule has 0 radical (unpaired) electrons. The van der Waals surface area contributed by atoms with Gasteiger partial charge in [0.05, 0.1) is 58.8 Å². The quantitative estimate of drug-likeness (QED) is 0.119. The number of thiophene rings is 2. The summed E-state index contributed by atoms with van der Waals surface area (Å²) >= 11 is 5.75. The SMILES string of the molecule is C1=CC2c3cccc(-c4nc(-c5ccccc5)nc(-c5ccccc5)n4)c3SC2C(n2c3ccccc3c3cc(-c4cccc5c4sc4c5ccc5c6ccccc6n(-c6ccccc6)c54)ccc32)=C1.c1ccc(-c2nc(-c3ccccc3)nc(-c3ccc4oc5ccc(-n6c7ccccc7c7cc(-c8cccc9c8sc8c9ccc9c%10ccccc%10n(-c%10ccccc%10)c98)ccc76)cc5c4c3)n2)cc1. The van der Waals surface area contributed by atoms with E-state index in [1.54, 1.807) is 0 Å². The van der Waals surface area contributed by atoms with Crippen LogP contribution >= 0.6 is 34.4 Å². The van der Waals surface area contributed by atoms with Crippen LogP contribution in [-0.2, 0) is 0 Å². The molecular weight excluding hydrogens is 1770 g/mol. The number of allylic oxidation sites excluding steroid dienone is 3. The molecule has 0 amide bonds. The minimum atomic E-state index is 0.138. The molecule has 9 aromatic heterocycles. The van der Waals surface area contributed by atoms with Gasteiger partial charge >= 0.3 is 0 Å². The molecule has 10 heterocycles. The average molecular weight is 1840 g/mol. The monoisotopic (exact) mass is 1840 g/mol. The molecule has 654 valence electrons. The van der Waals surface area contributed by atoms with Crippen molar-refractivity contribution in [3.8, 4) is 108 Å². The maximum absolute atomic E-state index is 6.50. The second-order valence-corrected chi connectivity index (χ2v) is 39.3.